The van der Waals surface area contributed by atoms with Crippen LogP contribution < -0.4 is 4.74 Å². The van der Waals surface area contributed by atoms with Crippen molar-refractivity contribution in [2.75, 3.05) is 7.11 Å². The van der Waals surface area contributed by atoms with Gasteiger partial charge in [-0.2, -0.15) is 0 Å². The Morgan fingerprint density at radius 2 is 1.97 bits per heavy atom. The predicted molar refractivity (Wildman–Crippen MR) is 128 cm³/mol. The predicted octanol–water partition coefficient (Wildman–Crippen LogP) is 5.66. The summed E-state index contributed by atoms with van der Waals surface area (Å²) in [5.74, 6) is 2.80. The SMILES string of the molecule is COC(=O)CCC1CC(O)C2(C)CCC3c4ccc(OCc5ccccc5)cc4CCC3C12. The summed E-state index contributed by atoms with van der Waals surface area (Å²) in [4.78, 5) is 11.8. The largest absolute Gasteiger partial charge is 0.489 e. The monoisotopic (exact) mass is 448 g/mol. The molecular weight excluding hydrogens is 412 g/mol. The van der Waals surface area contributed by atoms with Gasteiger partial charge in [-0.05, 0) is 96.4 Å². The summed E-state index contributed by atoms with van der Waals surface area (Å²) < 4.78 is 11.0. The minimum atomic E-state index is -0.263. The van der Waals surface area contributed by atoms with E-state index in [-0.39, 0.29) is 17.5 Å². The molecule has 6 unspecified atom stereocenters. The van der Waals surface area contributed by atoms with Crippen LogP contribution in [0.3, 0.4) is 0 Å². The van der Waals surface area contributed by atoms with Crippen LogP contribution in [0.25, 0.3) is 0 Å². The molecular formula is C29H36O4. The van der Waals surface area contributed by atoms with Crippen molar-refractivity contribution in [3.05, 3.63) is 65.2 Å². The molecule has 3 aliphatic carbocycles. The van der Waals surface area contributed by atoms with Crippen molar-refractivity contribution in [3.8, 4) is 5.75 Å². The van der Waals surface area contributed by atoms with Crippen LogP contribution in [0.2, 0.25) is 0 Å². The number of hydrogen-bond acceptors (Lipinski definition) is 4. The Morgan fingerprint density at radius 3 is 2.76 bits per heavy atom. The van der Waals surface area contributed by atoms with E-state index in [1.165, 1.54) is 23.8 Å². The molecule has 0 heterocycles. The topological polar surface area (TPSA) is 55.8 Å². The Kier molecular flexibility index (Phi) is 6.22. The van der Waals surface area contributed by atoms with Crippen molar-refractivity contribution in [3.63, 3.8) is 0 Å². The second kappa shape index (κ2) is 9.13. The summed E-state index contributed by atoms with van der Waals surface area (Å²) in [6, 6.07) is 17.0. The highest BCUT2D eigenvalue weighted by Gasteiger charge is 2.58. The van der Waals surface area contributed by atoms with Gasteiger partial charge in [-0.15, -0.1) is 0 Å². The third-order valence-corrected chi connectivity index (χ3v) is 8.98. The number of aliphatic hydroxyl groups excluding tert-OH is 1. The zero-order valence-electron chi connectivity index (χ0n) is 19.8. The highest BCUT2D eigenvalue weighted by Crippen LogP contribution is 2.63. The van der Waals surface area contributed by atoms with Crippen LogP contribution >= 0.6 is 0 Å². The van der Waals surface area contributed by atoms with Gasteiger partial charge in [0.1, 0.15) is 12.4 Å². The molecule has 33 heavy (non-hydrogen) atoms. The van der Waals surface area contributed by atoms with E-state index >= 15 is 0 Å². The van der Waals surface area contributed by atoms with E-state index in [0.29, 0.717) is 36.7 Å². The molecule has 3 aliphatic rings. The molecule has 1 N–H and O–H groups in total. The number of aliphatic hydroxyl groups is 1. The number of fused-ring (bicyclic) bond motifs is 5. The van der Waals surface area contributed by atoms with E-state index in [1.807, 2.05) is 18.2 Å². The van der Waals surface area contributed by atoms with Crippen LogP contribution in [-0.4, -0.2) is 24.3 Å². The van der Waals surface area contributed by atoms with Gasteiger partial charge in [0.05, 0.1) is 13.2 Å². The molecule has 0 aliphatic heterocycles. The number of ether oxygens (including phenoxy) is 2. The fraction of sp³-hybridized carbons (Fsp3) is 0.552. The normalized spacial score (nSPS) is 32.4. The maximum absolute atomic E-state index is 11.8. The molecule has 0 amide bonds. The highest BCUT2D eigenvalue weighted by atomic mass is 16.5. The average molecular weight is 449 g/mol. The Morgan fingerprint density at radius 1 is 1.15 bits per heavy atom. The first-order chi connectivity index (χ1) is 16.0. The number of esters is 1. The number of methoxy groups -OCH3 is 1. The quantitative estimate of drug-likeness (QED) is 0.579. The van der Waals surface area contributed by atoms with Gasteiger partial charge in [-0.1, -0.05) is 43.3 Å². The Bertz CT molecular complexity index is 986. The molecule has 0 saturated heterocycles. The number of hydrogen-bond donors (Lipinski definition) is 1. The minimum absolute atomic E-state index is 0.0296. The Balaban J connectivity index is 1.33. The smallest absolute Gasteiger partial charge is 0.305 e. The summed E-state index contributed by atoms with van der Waals surface area (Å²) in [5, 5.41) is 11.0. The lowest BCUT2D eigenvalue weighted by Gasteiger charge is -2.51. The zero-order chi connectivity index (χ0) is 23.0. The minimum Gasteiger partial charge on any atom is -0.489 e. The second-order valence-corrected chi connectivity index (χ2v) is 10.6. The third kappa shape index (κ3) is 4.19. The van der Waals surface area contributed by atoms with Crippen molar-refractivity contribution in [2.45, 2.75) is 70.5 Å². The third-order valence-electron chi connectivity index (χ3n) is 8.98. The lowest BCUT2D eigenvalue weighted by molar-refractivity contribution is -0.141. The Labute approximate surface area is 197 Å². The lowest BCUT2D eigenvalue weighted by atomic mass is 9.54. The van der Waals surface area contributed by atoms with E-state index in [1.54, 1.807) is 0 Å². The van der Waals surface area contributed by atoms with Crippen LogP contribution in [0, 0.1) is 23.2 Å². The summed E-state index contributed by atoms with van der Waals surface area (Å²) >= 11 is 0. The van der Waals surface area contributed by atoms with E-state index in [2.05, 4.69) is 37.3 Å². The van der Waals surface area contributed by atoms with Crippen molar-refractivity contribution in [1.82, 2.24) is 0 Å². The molecule has 0 radical (unpaired) electrons. The van der Waals surface area contributed by atoms with Crippen molar-refractivity contribution in [1.29, 1.82) is 0 Å². The fourth-order valence-electron chi connectivity index (χ4n) is 7.35. The molecule has 0 aromatic heterocycles. The van der Waals surface area contributed by atoms with Gasteiger partial charge < -0.3 is 14.6 Å². The van der Waals surface area contributed by atoms with Crippen LogP contribution in [0.15, 0.2) is 48.5 Å². The molecule has 2 aromatic carbocycles. The van der Waals surface area contributed by atoms with E-state index in [4.69, 9.17) is 9.47 Å². The van der Waals surface area contributed by atoms with Gasteiger partial charge in [0.2, 0.25) is 0 Å². The van der Waals surface area contributed by atoms with Crippen LogP contribution in [0.4, 0.5) is 0 Å². The molecule has 176 valence electrons. The van der Waals surface area contributed by atoms with Gasteiger partial charge in [0.15, 0.2) is 0 Å². The molecule has 2 aromatic rings. The van der Waals surface area contributed by atoms with E-state index in [0.717, 1.165) is 44.3 Å². The molecule has 5 rings (SSSR count). The van der Waals surface area contributed by atoms with E-state index < -0.39 is 0 Å². The van der Waals surface area contributed by atoms with Gasteiger partial charge in [0.25, 0.3) is 0 Å². The molecule has 0 spiro atoms. The zero-order valence-corrected chi connectivity index (χ0v) is 19.8. The van der Waals surface area contributed by atoms with Crippen LogP contribution in [0.1, 0.15) is 68.1 Å². The van der Waals surface area contributed by atoms with Crippen LogP contribution in [0.5, 0.6) is 5.75 Å². The molecule has 6 atom stereocenters. The Hall–Kier alpha value is -2.33. The molecule has 4 heteroatoms. The van der Waals surface area contributed by atoms with Gasteiger partial charge in [0, 0.05) is 6.42 Å². The number of benzene rings is 2. The number of carbonyl (C=O) groups excluding carboxylic acids is 1. The molecule has 4 nitrogen and oxygen atoms in total. The lowest BCUT2D eigenvalue weighted by Crippen LogP contribution is -2.45. The molecule has 0 bridgehead atoms. The maximum Gasteiger partial charge on any atom is 0.305 e. The second-order valence-electron chi connectivity index (χ2n) is 10.6. The molecule has 2 saturated carbocycles. The average Bonchev–Trinajstić information content (AvgIpc) is 3.11. The standard InChI is InChI=1S/C29H36O4/c1-29-15-14-24-23-12-10-22(33-18-19-6-4-3-5-7-19)16-20(23)8-11-25(24)28(29)21(17-26(29)30)9-13-27(31)32-2/h3-7,10,12,16,21,24-26,28,30H,8-9,11,13-15,17-18H2,1-2H3. The first-order valence-electron chi connectivity index (χ1n) is 12.5. The van der Waals surface area contributed by atoms with Gasteiger partial charge >= 0.3 is 5.97 Å². The summed E-state index contributed by atoms with van der Waals surface area (Å²) in [6.07, 6.45) is 6.24. The number of rotatable bonds is 6. The number of aryl methyl sites for hydroxylation is 1. The first kappa shape index (κ1) is 22.5. The molecule has 2 fully saturated rings. The summed E-state index contributed by atoms with van der Waals surface area (Å²) in [6.45, 7) is 2.89. The van der Waals surface area contributed by atoms with Crippen LogP contribution in [-0.2, 0) is 22.6 Å². The maximum atomic E-state index is 11.8. The summed E-state index contributed by atoms with van der Waals surface area (Å²) in [7, 11) is 1.46. The highest BCUT2D eigenvalue weighted by molar-refractivity contribution is 5.69. The first-order valence-corrected chi connectivity index (χ1v) is 12.5. The van der Waals surface area contributed by atoms with E-state index in [9.17, 15) is 9.90 Å². The number of carbonyl (C=O) groups is 1. The fourth-order valence-corrected chi connectivity index (χ4v) is 7.35. The van der Waals surface area contributed by atoms with Gasteiger partial charge in [-0.3, -0.25) is 4.79 Å². The van der Waals surface area contributed by atoms with Crippen molar-refractivity contribution < 1.29 is 19.4 Å². The van der Waals surface area contributed by atoms with Crippen molar-refractivity contribution in [2.24, 2.45) is 23.2 Å². The summed E-state index contributed by atoms with van der Waals surface area (Å²) in [5.41, 5.74) is 4.06. The van der Waals surface area contributed by atoms with Crippen molar-refractivity contribution >= 4 is 5.97 Å². The van der Waals surface area contributed by atoms with Gasteiger partial charge in [-0.25, -0.2) is 0 Å².